The number of carbonyl (C=O) groups is 1. The normalized spacial score (nSPS) is 21.5. The van der Waals surface area contributed by atoms with Gasteiger partial charge in [0.05, 0.1) is 11.0 Å². The second kappa shape index (κ2) is 7.16. The van der Waals surface area contributed by atoms with Gasteiger partial charge in [0.15, 0.2) is 0 Å². The second-order valence-corrected chi connectivity index (χ2v) is 6.83. The summed E-state index contributed by atoms with van der Waals surface area (Å²) in [5.41, 5.74) is 1.97. The number of imidazole rings is 1. The third-order valence-electron chi connectivity index (χ3n) is 5.21. The summed E-state index contributed by atoms with van der Waals surface area (Å²) in [6.07, 6.45) is 8.35. The van der Waals surface area contributed by atoms with Gasteiger partial charge >= 0.3 is 0 Å². The van der Waals surface area contributed by atoms with E-state index in [1.807, 2.05) is 35.9 Å². The SMILES string of the molecule is CCCCC1CCC(C(=O)Nc2nc3ccccc3n2C)CC1. The van der Waals surface area contributed by atoms with E-state index in [1.165, 1.54) is 32.1 Å². The summed E-state index contributed by atoms with van der Waals surface area (Å²) in [5, 5.41) is 3.04. The smallest absolute Gasteiger partial charge is 0.229 e. The van der Waals surface area contributed by atoms with Crippen molar-refractivity contribution in [2.45, 2.75) is 51.9 Å². The van der Waals surface area contributed by atoms with E-state index >= 15 is 0 Å². The Bertz CT molecular complexity index is 668. The van der Waals surface area contributed by atoms with Crippen molar-refractivity contribution in [3.8, 4) is 0 Å². The van der Waals surface area contributed by atoms with Crippen LogP contribution in [0.4, 0.5) is 5.95 Å². The van der Waals surface area contributed by atoms with Crippen molar-refractivity contribution in [2.24, 2.45) is 18.9 Å². The average molecular weight is 313 g/mol. The standard InChI is InChI=1S/C19H27N3O/c1-3-4-7-14-10-12-15(13-11-14)18(23)21-19-20-16-8-5-6-9-17(16)22(19)2/h5-6,8-9,14-15H,3-4,7,10-13H2,1-2H3,(H,20,21,23). The highest BCUT2D eigenvalue weighted by atomic mass is 16.2. The summed E-state index contributed by atoms with van der Waals surface area (Å²) >= 11 is 0. The quantitative estimate of drug-likeness (QED) is 0.883. The molecule has 3 rings (SSSR count). The van der Waals surface area contributed by atoms with E-state index < -0.39 is 0 Å². The second-order valence-electron chi connectivity index (χ2n) is 6.83. The molecule has 0 saturated heterocycles. The van der Waals surface area contributed by atoms with Crippen LogP contribution >= 0.6 is 0 Å². The van der Waals surface area contributed by atoms with E-state index in [-0.39, 0.29) is 11.8 Å². The zero-order valence-corrected chi connectivity index (χ0v) is 14.2. The number of amides is 1. The van der Waals surface area contributed by atoms with Crippen LogP contribution < -0.4 is 5.32 Å². The van der Waals surface area contributed by atoms with Gasteiger partial charge in [0, 0.05) is 13.0 Å². The maximum Gasteiger partial charge on any atom is 0.229 e. The van der Waals surface area contributed by atoms with Gasteiger partial charge in [-0.1, -0.05) is 38.3 Å². The first-order chi connectivity index (χ1) is 11.2. The molecule has 2 aromatic rings. The van der Waals surface area contributed by atoms with E-state index in [2.05, 4.69) is 17.2 Å². The number of nitrogens with zero attached hydrogens (tertiary/aromatic N) is 2. The Kier molecular flexibility index (Phi) is 4.99. The van der Waals surface area contributed by atoms with Crippen molar-refractivity contribution >= 4 is 22.9 Å². The van der Waals surface area contributed by atoms with Crippen molar-refractivity contribution in [2.75, 3.05) is 5.32 Å². The van der Waals surface area contributed by atoms with Crippen LogP contribution in [-0.2, 0) is 11.8 Å². The third kappa shape index (κ3) is 3.57. The molecular formula is C19H27N3O. The van der Waals surface area contributed by atoms with Gasteiger partial charge in [-0.05, 0) is 43.7 Å². The molecule has 4 heteroatoms. The summed E-state index contributed by atoms with van der Waals surface area (Å²) in [5.74, 6) is 1.77. The van der Waals surface area contributed by atoms with Crippen LogP contribution in [0.3, 0.4) is 0 Å². The molecule has 124 valence electrons. The molecule has 0 bridgehead atoms. The number of hydrogen-bond acceptors (Lipinski definition) is 2. The number of aryl methyl sites for hydroxylation is 1. The Morgan fingerprint density at radius 1 is 1.26 bits per heavy atom. The van der Waals surface area contributed by atoms with Gasteiger partial charge in [0.1, 0.15) is 0 Å². The highest BCUT2D eigenvalue weighted by Gasteiger charge is 2.26. The minimum Gasteiger partial charge on any atom is -0.313 e. The topological polar surface area (TPSA) is 46.9 Å². The first-order valence-corrected chi connectivity index (χ1v) is 8.91. The molecule has 1 aliphatic rings. The summed E-state index contributed by atoms with van der Waals surface area (Å²) in [4.78, 5) is 17.1. The maximum absolute atomic E-state index is 12.6. The Balaban J connectivity index is 1.60. The largest absolute Gasteiger partial charge is 0.313 e. The molecule has 1 aromatic heterocycles. The van der Waals surface area contributed by atoms with Crippen LogP contribution in [-0.4, -0.2) is 15.5 Å². The Hall–Kier alpha value is -1.84. The van der Waals surface area contributed by atoms with Crippen LogP contribution in [0.2, 0.25) is 0 Å². The Morgan fingerprint density at radius 3 is 2.70 bits per heavy atom. The molecule has 1 heterocycles. The first kappa shape index (κ1) is 16.0. The number of unbranched alkanes of at least 4 members (excludes halogenated alkanes) is 1. The summed E-state index contributed by atoms with van der Waals surface area (Å²) in [7, 11) is 1.95. The first-order valence-electron chi connectivity index (χ1n) is 8.91. The van der Waals surface area contributed by atoms with Crippen LogP contribution in [0.1, 0.15) is 51.9 Å². The number of para-hydroxylation sites is 2. The number of fused-ring (bicyclic) bond motifs is 1. The van der Waals surface area contributed by atoms with Gasteiger partial charge in [0.25, 0.3) is 0 Å². The molecule has 0 spiro atoms. The molecule has 1 aromatic carbocycles. The molecule has 1 saturated carbocycles. The molecule has 1 amide bonds. The Morgan fingerprint density at radius 2 is 2.00 bits per heavy atom. The monoisotopic (exact) mass is 313 g/mol. The van der Waals surface area contributed by atoms with E-state index in [9.17, 15) is 4.79 Å². The molecule has 23 heavy (non-hydrogen) atoms. The summed E-state index contributed by atoms with van der Waals surface area (Å²) < 4.78 is 1.96. The summed E-state index contributed by atoms with van der Waals surface area (Å²) in [6.45, 7) is 2.25. The fourth-order valence-electron chi connectivity index (χ4n) is 3.68. The molecule has 4 nitrogen and oxygen atoms in total. The van der Waals surface area contributed by atoms with Crippen molar-refractivity contribution in [3.05, 3.63) is 24.3 Å². The number of hydrogen-bond donors (Lipinski definition) is 1. The number of rotatable bonds is 5. The van der Waals surface area contributed by atoms with E-state index in [1.54, 1.807) is 0 Å². The van der Waals surface area contributed by atoms with Gasteiger partial charge in [0.2, 0.25) is 11.9 Å². The molecule has 0 radical (unpaired) electrons. The lowest BCUT2D eigenvalue weighted by atomic mass is 9.79. The van der Waals surface area contributed by atoms with Gasteiger partial charge < -0.3 is 4.57 Å². The average Bonchev–Trinajstić information content (AvgIpc) is 2.90. The molecule has 0 unspecified atom stereocenters. The molecular weight excluding hydrogens is 286 g/mol. The zero-order chi connectivity index (χ0) is 16.2. The minimum absolute atomic E-state index is 0.136. The lowest BCUT2D eigenvalue weighted by Crippen LogP contribution is -2.28. The van der Waals surface area contributed by atoms with Gasteiger partial charge in [-0.2, -0.15) is 0 Å². The molecule has 1 N–H and O–H groups in total. The summed E-state index contributed by atoms with van der Waals surface area (Å²) in [6, 6.07) is 7.96. The number of aromatic nitrogens is 2. The van der Waals surface area contributed by atoms with Crippen LogP contribution in [0.15, 0.2) is 24.3 Å². The number of carbonyl (C=O) groups excluding carboxylic acids is 1. The lowest BCUT2D eigenvalue weighted by Gasteiger charge is -2.27. The van der Waals surface area contributed by atoms with E-state index in [0.717, 1.165) is 29.8 Å². The van der Waals surface area contributed by atoms with Crippen LogP contribution in [0, 0.1) is 11.8 Å². The minimum atomic E-state index is 0.136. The van der Waals surface area contributed by atoms with Crippen molar-refractivity contribution in [1.29, 1.82) is 0 Å². The van der Waals surface area contributed by atoms with Crippen molar-refractivity contribution in [3.63, 3.8) is 0 Å². The molecule has 0 aliphatic heterocycles. The van der Waals surface area contributed by atoms with Gasteiger partial charge in [-0.25, -0.2) is 4.98 Å². The predicted octanol–water partition coefficient (Wildman–Crippen LogP) is 4.51. The fraction of sp³-hybridized carbons (Fsp3) is 0.579. The van der Waals surface area contributed by atoms with Crippen LogP contribution in [0.25, 0.3) is 11.0 Å². The number of nitrogens with one attached hydrogen (secondary N) is 1. The molecule has 1 aliphatic carbocycles. The number of anilines is 1. The van der Waals surface area contributed by atoms with Gasteiger partial charge in [-0.15, -0.1) is 0 Å². The van der Waals surface area contributed by atoms with Gasteiger partial charge in [-0.3, -0.25) is 10.1 Å². The highest BCUT2D eigenvalue weighted by molar-refractivity contribution is 5.93. The fourth-order valence-corrected chi connectivity index (χ4v) is 3.68. The zero-order valence-electron chi connectivity index (χ0n) is 14.2. The molecule has 0 atom stereocenters. The predicted molar refractivity (Wildman–Crippen MR) is 94.3 cm³/mol. The van der Waals surface area contributed by atoms with E-state index in [4.69, 9.17) is 0 Å². The molecule has 1 fully saturated rings. The lowest BCUT2D eigenvalue weighted by molar-refractivity contribution is -0.121. The third-order valence-corrected chi connectivity index (χ3v) is 5.21. The number of benzene rings is 1. The van der Waals surface area contributed by atoms with E-state index in [0.29, 0.717) is 5.95 Å². The Labute approximate surface area is 138 Å². The van der Waals surface area contributed by atoms with Crippen molar-refractivity contribution in [1.82, 2.24) is 9.55 Å². The van der Waals surface area contributed by atoms with Crippen LogP contribution in [0.5, 0.6) is 0 Å². The maximum atomic E-state index is 12.6. The van der Waals surface area contributed by atoms with Crippen molar-refractivity contribution < 1.29 is 4.79 Å². The highest BCUT2D eigenvalue weighted by Crippen LogP contribution is 2.32.